The van der Waals surface area contributed by atoms with E-state index in [1.54, 1.807) is 12.1 Å². The predicted molar refractivity (Wildman–Crippen MR) is 77.2 cm³/mol. The van der Waals surface area contributed by atoms with Gasteiger partial charge in [0.05, 0.1) is 17.3 Å². The minimum Gasteiger partial charge on any atom is -0.478 e. The van der Waals surface area contributed by atoms with Crippen LogP contribution < -0.4 is 0 Å². The highest BCUT2D eigenvalue weighted by Crippen LogP contribution is 2.18. The number of aromatic carboxylic acids is 1. The van der Waals surface area contributed by atoms with E-state index in [4.69, 9.17) is 5.11 Å². The Bertz CT molecular complexity index is 571. The quantitative estimate of drug-likeness (QED) is 0.855. The van der Waals surface area contributed by atoms with Gasteiger partial charge in [-0.3, -0.25) is 0 Å². The number of hydrogen-bond acceptors (Lipinski definition) is 4. The molecule has 2 rings (SSSR count). The highest BCUT2D eigenvalue weighted by molar-refractivity contribution is 5.87. The molecule has 0 aromatic heterocycles. The summed E-state index contributed by atoms with van der Waals surface area (Å²) in [5.74, 6) is -0.940. The van der Waals surface area contributed by atoms with E-state index in [0.29, 0.717) is 5.69 Å². The Kier molecular flexibility index (Phi) is 4.30. The molecule has 20 heavy (non-hydrogen) atoms. The van der Waals surface area contributed by atoms with Gasteiger partial charge in [0.1, 0.15) is 0 Å². The summed E-state index contributed by atoms with van der Waals surface area (Å²) >= 11 is 0. The summed E-state index contributed by atoms with van der Waals surface area (Å²) in [6.45, 7) is 0. The fourth-order valence-electron chi connectivity index (χ4n) is 1.83. The van der Waals surface area contributed by atoms with Gasteiger partial charge < -0.3 is 10.0 Å². The van der Waals surface area contributed by atoms with Crippen LogP contribution in [-0.4, -0.2) is 36.1 Å². The third-order valence-electron chi connectivity index (χ3n) is 3.01. The molecule has 0 saturated carbocycles. The van der Waals surface area contributed by atoms with Crippen molar-refractivity contribution >= 4 is 11.7 Å². The van der Waals surface area contributed by atoms with Crippen molar-refractivity contribution in [2.75, 3.05) is 14.1 Å². The van der Waals surface area contributed by atoms with Crippen LogP contribution in [0.15, 0.2) is 58.4 Å². The van der Waals surface area contributed by atoms with Crippen LogP contribution in [0.1, 0.15) is 16.8 Å². The molecule has 1 aromatic rings. The first-order valence-electron chi connectivity index (χ1n) is 6.36. The van der Waals surface area contributed by atoms with Crippen molar-refractivity contribution in [2.45, 2.75) is 12.5 Å². The minimum absolute atomic E-state index is 0.0397. The summed E-state index contributed by atoms with van der Waals surface area (Å²) < 4.78 is 0. The molecule has 0 spiro atoms. The number of benzene rings is 1. The maximum atomic E-state index is 10.7. The fraction of sp³-hybridized carbons (Fsp3) is 0.267. The number of carbonyl (C=O) groups is 1. The standard InChI is InChI=1S/C15H17N3O2/c1-18(2)14-9-7-13(8-10-14)17-16-12-5-3-11(4-6-12)15(19)20/h3-7,9-10,13H,8H2,1-2H3,(H,19,20). The number of allylic oxidation sites excluding steroid dienone is 1. The minimum atomic E-state index is -0.940. The number of carboxylic acid groups (broad SMARTS) is 1. The van der Waals surface area contributed by atoms with Crippen molar-refractivity contribution in [1.29, 1.82) is 0 Å². The van der Waals surface area contributed by atoms with E-state index >= 15 is 0 Å². The smallest absolute Gasteiger partial charge is 0.335 e. The van der Waals surface area contributed by atoms with E-state index in [9.17, 15) is 4.79 Å². The van der Waals surface area contributed by atoms with Gasteiger partial charge in [-0.1, -0.05) is 12.2 Å². The summed E-state index contributed by atoms with van der Waals surface area (Å²) in [5, 5.41) is 17.2. The molecule has 0 heterocycles. The summed E-state index contributed by atoms with van der Waals surface area (Å²) in [5.41, 5.74) is 2.08. The zero-order chi connectivity index (χ0) is 14.5. The van der Waals surface area contributed by atoms with Gasteiger partial charge in [-0.25, -0.2) is 4.79 Å². The van der Waals surface area contributed by atoms with E-state index in [0.717, 1.165) is 6.42 Å². The zero-order valence-electron chi connectivity index (χ0n) is 11.5. The molecular weight excluding hydrogens is 254 g/mol. The predicted octanol–water partition coefficient (Wildman–Crippen LogP) is 3.24. The molecule has 0 radical (unpaired) electrons. The Balaban J connectivity index is 1.98. The van der Waals surface area contributed by atoms with Crippen molar-refractivity contribution in [3.8, 4) is 0 Å². The topological polar surface area (TPSA) is 65.3 Å². The molecule has 0 bridgehead atoms. The second-order valence-corrected chi connectivity index (χ2v) is 4.75. The summed E-state index contributed by atoms with van der Waals surface area (Å²) in [6.07, 6.45) is 6.99. The fourth-order valence-corrected chi connectivity index (χ4v) is 1.83. The lowest BCUT2D eigenvalue weighted by atomic mass is 10.1. The van der Waals surface area contributed by atoms with Gasteiger partial charge in [0.25, 0.3) is 0 Å². The van der Waals surface area contributed by atoms with Gasteiger partial charge >= 0.3 is 5.97 Å². The van der Waals surface area contributed by atoms with Gasteiger partial charge in [-0.2, -0.15) is 10.2 Å². The second-order valence-electron chi connectivity index (χ2n) is 4.75. The molecule has 1 unspecified atom stereocenters. The van der Waals surface area contributed by atoms with Gasteiger partial charge in [0.2, 0.25) is 0 Å². The summed E-state index contributed by atoms with van der Waals surface area (Å²) in [4.78, 5) is 12.8. The van der Waals surface area contributed by atoms with E-state index in [2.05, 4.69) is 21.2 Å². The van der Waals surface area contributed by atoms with Crippen LogP contribution in [0.2, 0.25) is 0 Å². The number of hydrogen-bond donors (Lipinski definition) is 1. The van der Waals surface area contributed by atoms with E-state index in [1.807, 2.05) is 26.2 Å². The van der Waals surface area contributed by atoms with Crippen LogP contribution in [0.3, 0.4) is 0 Å². The zero-order valence-corrected chi connectivity index (χ0v) is 11.5. The molecule has 1 aromatic carbocycles. The van der Waals surface area contributed by atoms with E-state index in [1.165, 1.54) is 17.8 Å². The highest BCUT2D eigenvalue weighted by Gasteiger charge is 2.08. The average Bonchev–Trinajstić information content (AvgIpc) is 2.46. The number of azo groups is 1. The van der Waals surface area contributed by atoms with Gasteiger partial charge in [0.15, 0.2) is 0 Å². The van der Waals surface area contributed by atoms with Crippen LogP contribution in [0, 0.1) is 0 Å². The van der Waals surface area contributed by atoms with E-state index in [-0.39, 0.29) is 11.6 Å². The lowest BCUT2D eigenvalue weighted by Crippen LogP contribution is -2.13. The SMILES string of the molecule is CN(C)C1=CCC(N=Nc2ccc(C(=O)O)cc2)C=C1. The third kappa shape index (κ3) is 3.54. The number of carboxylic acids is 1. The number of nitrogens with zero attached hydrogens (tertiary/aromatic N) is 3. The Morgan fingerprint density at radius 3 is 2.50 bits per heavy atom. The lowest BCUT2D eigenvalue weighted by Gasteiger charge is -2.18. The Hall–Kier alpha value is -2.43. The van der Waals surface area contributed by atoms with Crippen molar-refractivity contribution < 1.29 is 9.90 Å². The molecule has 0 aliphatic heterocycles. The van der Waals surface area contributed by atoms with Crippen LogP contribution in [-0.2, 0) is 0 Å². The van der Waals surface area contributed by atoms with Crippen LogP contribution in [0.4, 0.5) is 5.69 Å². The molecule has 1 aliphatic carbocycles. The normalized spacial score (nSPS) is 18.1. The van der Waals surface area contributed by atoms with Crippen molar-refractivity contribution in [3.05, 3.63) is 53.8 Å². The maximum Gasteiger partial charge on any atom is 0.335 e. The summed E-state index contributed by atoms with van der Waals surface area (Å²) in [7, 11) is 4.00. The number of rotatable bonds is 4. The van der Waals surface area contributed by atoms with Gasteiger partial charge in [-0.05, 0) is 36.8 Å². The number of likely N-dealkylation sites (N-methyl/N-ethyl adjacent to an activating group) is 1. The molecular formula is C15H17N3O2. The second kappa shape index (κ2) is 6.14. The lowest BCUT2D eigenvalue weighted by molar-refractivity contribution is 0.0697. The first-order valence-corrected chi connectivity index (χ1v) is 6.36. The Labute approximate surface area is 117 Å². The van der Waals surface area contributed by atoms with Gasteiger partial charge in [0, 0.05) is 19.8 Å². The van der Waals surface area contributed by atoms with Crippen molar-refractivity contribution in [1.82, 2.24) is 4.90 Å². The molecule has 1 aliphatic rings. The molecule has 0 amide bonds. The molecule has 0 fully saturated rings. The molecule has 1 N–H and O–H groups in total. The maximum absolute atomic E-state index is 10.7. The molecule has 5 heteroatoms. The molecule has 104 valence electrons. The Morgan fingerprint density at radius 1 is 1.30 bits per heavy atom. The summed E-state index contributed by atoms with van der Waals surface area (Å²) in [6, 6.07) is 6.40. The first kappa shape index (κ1) is 14.0. The van der Waals surface area contributed by atoms with Crippen LogP contribution >= 0.6 is 0 Å². The first-order chi connectivity index (χ1) is 9.56. The Morgan fingerprint density at radius 2 is 2.00 bits per heavy atom. The monoisotopic (exact) mass is 271 g/mol. The van der Waals surface area contributed by atoms with Crippen LogP contribution in [0.25, 0.3) is 0 Å². The van der Waals surface area contributed by atoms with Crippen LogP contribution in [0.5, 0.6) is 0 Å². The van der Waals surface area contributed by atoms with Crippen molar-refractivity contribution in [2.24, 2.45) is 10.2 Å². The highest BCUT2D eigenvalue weighted by atomic mass is 16.4. The molecule has 0 saturated heterocycles. The third-order valence-corrected chi connectivity index (χ3v) is 3.01. The van der Waals surface area contributed by atoms with Crippen molar-refractivity contribution in [3.63, 3.8) is 0 Å². The molecule has 1 atom stereocenters. The average molecular weight is 271 g/mol. The molecule has 5 nitrogen and oxygen atoms in total. The van der Waals surface area contributed by atoms with Gasteiger partial charge in [-0.15, -0.1) is 0 Å². The largest absolute Gasteiger partial charge is 0.478 e. The van der Waals surface area contributed by atoms with E-state index < -0.39 is 5.97 Å².